The summed E-state index contributed by atoms with van der Waals surface area (Å²) in [6.07, 6.45) is 1.13. The number of aromatic nitrogens is 2. The molecule has 5 nitrogen and oxygen atoms in total. The molecule has 0 aliphatic rings. The number of para-hydroxylation sites is 2. The summed E-state index contributed by atoms with van der Waals surface area (Å²) in [7, 11) is 2.05. The molecule has 0 radical (unpaired) electrons. The predicted octanol–water partition coefficient (Wildman–Crippen LogP) is 5.36. The SMILES string of the molecule is Cc1nn(CC(C)C)c(C)c1CCC(=O)Nc1ccccc1N(C)Cc1ccccc1. The standard InChI is InChI=1S/C26H34N4O/c1-19(2)17-30-21(4)23(20(3)28-30)15-16-26(31)27-24-13-9-10-14-25(24)29(5)18-22-11-7-6-8-12-22/h6-14,19H,15-18H2,1-5H3,(H,27,31). The molecule has 164 valence electrons. The van der Waals surface area contributed by atoms with Gasteiger partial charge in [-0.25, -0.2) is 0 Å². The molecule has 0 saturated carbocycles. The molecule has 0 atom stereocenters. The smallest absolute Gasteiger partial charge is 0.224 e. The Bertz CT molecular complexity index is 1010. The number of aryl methyl sites for hydroxylation is 1. The Kier molecular flexibility index (Phi) is 7.50. The van der Waals surface area contributed by atoms with Gasteiger partial charge in [0, 0.05) is 32.3 Å². The number of anilines is 2. The number of carbonyl (C=O) groups excluding carboxylic acids is 1. The Hall–Kier alpha value is -3.08. The first kappa shape index (κ1) is 22.6. The van der Waals surface area contributed by atoms with Gasteiger partial charge in [0.05, 0.1) is 17.1 Å². The minimum Gasteiger partial charge on any atom is -0.369 e. The lowest BCUT2D eigenvalue weighted by Gasteiger charge is -2.23. The number of nitrogens with zero attached hydrogens (tertiary/aromatic N) is 3. The van der Waals surface area contributed by atoms with Crippen LogP contribution in [-0.4, -0.2) is 22.7 Å². The summed E-state index contributed by atoms with van der Waals surface area (Å²) < 4.78 is 2.07. The summed E-state index contributed by atoms with van der Waals surface area (Å²) in [6, 6.07) is 18.3. The molecule has 0 spiro atoms. The highest BCUT2D eigenvalue weighted by atomic mass is 16.1. The van der Waals surface area contributed by atoms with Crippen molar-refractivity contribution in [2.75, 3.05) is 17.3 Å². The van der Waals surface area contributed by atoms with Crippen LogP contribution in [0, 0.1) is 19.8 Å². The molecule has 31 heavy (non-hydrogen) atoms. The molecule has 3 rings (SSSR count). The quantitative estimate of drug-likeness (QED) is 0.509. The van der Waals surface area contributed by atoms with E-state index in [1.54, 1.807) is 0 Å². The Labute approximate surface area is 186 Å². The minimum atomic E-state index is 0.0240. The zero-order valence-electron chi connectivity index (χ0n) is 19.4. The topological polar surface area (TPSA) is 50.2 Å². The van der Waals surface area contributed by atoms with Crippen LogP contribution < -0.4 is 10.2 Å². The van der Waals surface area contributed by atoms with Crippen molar-refractivity contribution in [1.82, 2.24) is 9.78 Å². The third-order valence-electron chi connectivity index (χ3n) is 5.52. The number of amides is 1. The molecule has 0 aliphatic heterocycles. The first-order chi connectivity index (χ1) is 14.8. The number of hydrogen-bond acceptors (Lipinski definition) is 3. The van der Waals surface area contributed by atoms with Crippen molar-refractivity contribution >= 4 is 17.3 Å². The number of nitrogens with one attached hydrogen (secondary N) is 1. The molecule has 0 fully saturated rings. The highest BCUT2D eigenvalue weighted by Gasteiger charge is 2.15. The van der Waals surface area contributed by atoms with Gasteiger partial charge in [0.15, 0.2) is 0 Å². The second-order valence-electron chi connectivity index (χ2n) is 8.63. The van der Waals surface area contributed by atoms with Gasteiger partial charge in [-0.05, 0) is 49.4 Å². The van der Waals surface area contributed by atoms with E-state index in [0.717, 1.165) is 30.2 Å². The number of rotatable bonds is 9. The van der Waals surface area contributed by atoms with Crippen LogP contribution in [0.3, 0.4) is 0 Å². The van der Waals surface area contributed by atoms with E-state index in [1.165, 1.54) is 16.8 Å². The van der Waals surface area contributed by atoms with E-state index in [4.69, 9.17) is 0 Å². The molecular weight excluding hydrogens is 384 g/mol. The second kappa shape index (κ2) is 10.3. The van der Waals surface area contributed by atoms with Crippen LogP contribution in [0.5, 0.6) is 0 Å². The van der Waals surface area contributed by atoms with E-state index < -0.39 is 0 Å². The zero-order chi connectivity index (χ0) is 22.4. The van der Waals surface area contributed by atoms with E-state index in [1.807, 2.05) is 56.4 Å². The highest BCUT2D eigenvalue weighted by Crippen LogP contribution is 2.26. The van der Waals surface area contributed by atoms with Gasteiger partial charge in [-0.15, -0.1) is 0 Å². The molecule has 1 N–H and O–H groups in total. The maximum atomic E-state index is 12.8. The fourth-order valence-electron chi connectivity index (χ4n) is 3.93. The molecule has 1 heterocycles. The molecule has 3 aromatic rings. The van der Waals surface area contributed by atoms with Crippen molar-refractivity contribution in [3.63, 3.8) is 0 Å². The molecule has 2 aromatic carbocycles. The lowest BCUT2D eigenvalue weighted by Crippen LogP contribution is -2.20. The van der Waals surface area contributed by atoms with Crippen LogP contribution in [0.25, 0.3) is 0 Å². The summed E-state index contributed by atoms with van der Waals surface area (Å²) in [5.74, 6) is 0.564. The van der Waals surface area contributed by atoms with E-state index in [-0.39, 0.29) is 5.91 Å². The van der Waals surface area contributed by atoms with Gasteiger partial charge in [0.1, 0.15) is 0 Å². The third kappa shape index (κ3) is 5.97. The lowest BCUT2D eigenvalue weighted by atomic mass is 10.1. The van der Waals surface area contributed by atoms with Crippen LogP contribution in [0.1, 0.15) is 42.8 Å². The van der Waals surface area contributed by atoms with Crippen molar-refractivity contribution in [1.29, 1.82) is 0 Å². The van der Waals surface area contributed by atoms with Crippen molar-refractivity contribution in [3.05, 3.63) is 77.1 Å². The molecule has 5 heteroatoms. The fraction of sp³-hybridized carbons (Fsp3) is 0.385. The monoisotopic (exact) mass is 418 g/mol. The third-order valence-corrected chi connectivity index (χ3v) is 5.52. The molecule has 0 aliphatic carbocycles. The maximum absolute atomic E-state index is 12.8. The Morgan fingerprint density at radius 2 is 1.74 bits per heavy atom. The number of benzene rings is 2. The normalized spacial score (nSPS) is 11.0. The van der Waals surface area contributed by atoms with Gasteiger partial charge in [-0.1, -0.05) is 56.3 Å². The van der Waals surface area contributed by atoms with Gasteiger partial charge in [0.2, 0.25) is 5.91 Å². The minimum absolute atomic E-state index is 0.0240. The molecule has 1 amide bonds. The van der Waals surface area contributed by atoms with Crippen molar-refractivity contribution in [3.8, 4) is 0 Å². The largest absolute Gasteiger partial charge is 0.369 e. The van der Waals surface area contributed by atoms with E-state index in [0.29, 0.717) is 18.8 Å². The number of carbonyl (C=O) groups is 1. The summed E-state index contributed by atoms with van der Waals surface area (Å²) >= 11 is 0. The van der Waals surface area contributed by atoms with Crippen LogP contribution in [0.15, 0.2) is 54.6 Å². The van der Waals surface area contributed by atoms with Crippen molar-refractivity contribution in [2.45, 2.75) is 53.6 Å². The van der Waals surface area contributed by atoms with Gasteiger partial charge in [-0.3, -0.25) is 9.48 Å². The van der Waals surface area contributed by atoms with Gasteiger partial charge in [0.25, 0.3) is 0 Å². The van der Waals surface area contributed by atoms with Crippen LogP contribution in [0.4, 0.5) is 11.4 Å². The molecule has 1 aromatic heterocycles. The Balaban J connectivity index is 1.65. The van der Waals surface area contributed by atoms with Gasteiger partial charge >= 0.3 is 0 Å². The highest BCUT2D eigenvalue weighted by molar-refractivity contribution is 5.94. The average molecular weight is 419 g/mol. The summed E-state index contributed by atoms with van der Waals surface area (Å²) in [5.41, 5.74) is 6.46. The summed E-state index contributed by atoms with van der Waals surface area (Å²) in [6.45, 7) is 10.2. The fourth-order valence-corrected chi connectivity index (χ4v) is 3.93. The van der Waals surface area contributed by atoms with Gasteiger partial charge < -0.3 is 10.2 Å². The Morgan fingerprint density at radius 1 is 1.06 bits per heavy atom. The second-order valence-corrected chi connectivity index (χ2v) is 8.63. The van der Waals surface area contributed by atoms with Crippen LogP contribution in [-0.2, 0) is 24.3 Å². The first-order valence-corrected chi connectivity index (χ1v) is 11.0. The maximum Gasteiger partial charge on any atom is 0.224 e. The average Bonchev–Trinajstić information content (AvgIpc) is 2.99. The molecule has 0 bridgehead atoms. The van der Waals surface area contributed by atoms with Crippen molar-refractivity contribution < 1.29 is 4.79 Å². The van der Waals surface area contributed by atoms with E-state index in [2.05, 4.69) is 52.9 Å². The van der Waals surface area contributed by atoms with Crippen LogP contribution in [0.2, 0.25) is 0 Å². The van der Waals surface area contributed by atoms with E-state index in [9.17, 15) is 4.79 Å². The first-order valence-electron chi connectivity index (χ1n) is 11.0. The van der Waals surface area contributed by atoms with Crippen molar-refractivity contribution in [2.24, 2.45) is 5.92 Å². The summed E-state index contributed by atoms with van der Waals surface area (Å²) in [4.78, 5) is 14.9. The predicted molar refractivity (Wildman–Crippen MR) is 128 cm³/mol. The zero-order valence-corrected chi connectivity index (χ0v) is 19.4. The van der Waals surface area contributed by atoms with Gasteiger partial charge in [-0.2, -0.15) is 5.10 Å². The lowest BCUT2D eigenvalue weighted by molar-refractivity contribution is -0.116. The van der Waals surface area contributed by atoms with Crippen LogP contribution >= 0.6 is 0 Å². The Morgan fingerprint density at radius 3 is 2.45 bits per heavy atom. The summed E-state index contributed by atoms with van der Waals surface area (Å²) in [5, 5.41) is 7.79. The molecular formula is C26H34N4O. The molecule has 0 unspecified atom stereocenters. The van der Waals surface area contributed by atoms with E-state index >= 15 is 0 Å². The molecule has 0 saturated heterocycles. The number of hydrogen-bond donors (Lipinski definition) is 1.